The van der Waals surface area contributed by atoms with Crippen molar-refractivity contribution in [2.75, 3.05) is 20.3 Å². The summed E-state index contributed by atoms with van der Waals surface area (Å²) < 4.78 is 86.4. The summed E-state index contributed by atoms with van der Waals surface area (Å²) in [7, 11) is 1.38. The van der Waals surface area contributed by atoms with E-state index in [2.05, 4.69) is 15.7 Å². The van der Waals surface area contributed by atoms with Gasteiger partial charge in [0.15, 0.2) is 11.9 Å². The molecule has 2 amide bonds. The largest absolute Gasteiger partial charge is 0.416 e. The van der Waals surface area contributed by atoms with Crippen molar-refractivity contribution in [1.82, 2.24) is 25.0 Å². The highest BCUT2D eigenvalue weighted by atomic mass is 35.5. The van der Waals surface area contributed by atoms with Gasteiger partial charge in [-0.2, -0.15) is 26.3 Å². The van der Waals surface area contributed by atoms with Crippen LogP contribution in [0.15, 0.2) is 53.3 Å². The topological polar surface area (TPSA) is 127 Å². The molecule has 0 radical (unpaired) electrons. The molecule has 0 saturated heterocycles. The van der Waals surface area contributed by atoms with Crippen LogP contribution in [0.25, 0.3) is 11.4 Å². The Labute approximate surface area is 245 Å². The number of halogens is 7. The molecule has 0 spiro atoms. The van der Waals surface area contributed by atoms with Crippen LogP contribution in [0.4, 0.5) is 26.3 Å². The number of alkyl halides is 6. The molecule has 17 heteroatoms. The van der Waals surface area contributed by atoms with E-state index in [9.17, 15) is 45.8 Å². The molecule has 2 atom stereocenters. The van der Waals surface area contributed by atoms with Gasteiger partial charge in [0, 0.05) is 24.2 Å². The maximum absolute atomic E-state index is 13.8. The third-order valence-corrected chi connectivity index (χ3v) is 6.30. The van der Waals surface area contributed by atoms with E-state index in [1.54, 1.807) is 0 Å². The van der Waals surface area contributed by atoms with E-state index in [4.69, 9.17) is 16.3 Å². The van der Waals surface area contributed by atoms with Gasteiger partial charge in [0.05, 0.1) is 31.2 Å². The number of nitrogens with zero attached hydrogens (tertiary/aromatic N) is 3. The molecule has 1 unspecified atom stereocenters. The number of hydrogen-bond donors (Lipinski definition) is 3. The zero-order valence-electron chi connectivity index (χ0n) is 22.4. The molecule has 3 rings (SSSR count). The number of carbonyl (C=O) groups is 2. The quantitative estimate of drug-likeness (QED) is 0.207. The summed E-state index contributed by atoms with van der Waals surface area (Å²) in [5.74, 6) is -2.13. The lowest BCUT2D eigenvalue weighted by molar-refractivity contribution is -0.207. The Balaban J connectivity index is 1.95. The lowest BCUT2D eigenvalue weighted by Gasteiger charge is -2.22. The Hall–Kier alpha value is -3.89. The number of nitrogens with one attached hydrogen (secondary N) is 2. The molecule has 3 N–H and O–H groups in total. The molecule has 1 aromatic heterocycles. The first-order valence-electron chi connectivity index (χ1n) is 12.5. The van der Waals surface area contributed by atoms with Gasteiger partial charge in [0.25, 0.3) is 0 Å². The van der Waals surface area contributed by atoms with Crippen molar-refractivity contribution in [3.05, 3.63) is 75.2 Å². The number of hydrogen-bond acceptors (Lipinski definition) is 6. The number of carbonyl (C=O) groups excluding carboxylic acids is 2. The Kier molecular flexibility index (Phi) is 11.0. The molecular weight excluding hydrogens is 612 g/mol. The van der Waals surface area contributed by atoms with Gasteiger partial charge in [-0.05, 0) is 35.9 Å². The minimum atomic E-state index is -5.08. The third kappa shape index (κ3) is 9.05. The third-order valence-electron chi connectivity index (χ3n) is 6.05. The molecule has 0 aliphatic heterocycles. The lowest BCUT2D eigenvalue weighted by Crippen LogP contribution is -2.40. The van der Waals surface area contributed by atoms with E-state index in [-0.39, 0.29) is 29.6 Å². The zero-order chi connectivity index (χ0) is 31.9. The number of aliphatic hydroxyl groups excluding tert-OH is 1. The van der Waals surface area contributed by atoms with Crippen LogP contribution in [0.3, 0.4) is 0 Å². The summed E-state index contributed by atoms with van der Waals surface area (Å²) in [6.07, 6.45) is -13.5. The van der Waals surface area contributed by atoms with E-state index >= 15 is 0 Å². The predicted octanol–water partition coefficient (Wildman–Crippen LogP) is 3.32. The summed E-state index contributed by atoms with van der Waals surface area (Å²) >= 11 is 5.86. The molecular formula is C26H26ClF6N5O5. The number of ether oxygens (including phenoxy) is 1. The lowest BCUT2D eigenvalue weighted by atomic mass is 9.97. The summed E-state index contributed by atoms with van der Waals surface area (Å²) in [5, 5.41) is 18.6. The highest BCUT2D eigenvalue weighted by Gasteiger charge is 2.40. The molecule has 10 nitrogen and oxygen atoms in total. The van der Waals surface area contributed by atoms with Crippen LogP contribution in [0.1, 0.15) is 23.6 Å². The van der Waals surface area contributed by atoms with Crippen molar-refractivity contribution in [3.8, 4) is 11.4 Å². The predicted molar refractivity (Wildman–Crippen MR) is 141 cm³/mol. The Morgan fingerprint density at radius 3 is 2.30 bits per heavy atom. The van der Waals surface area contributed by atoms with Crippen LogP contribution in [-0.4, -0.2) is 63.8 Å². The first kappa shape index (κ1) is 33.6. The molecule has 3 aromatic rings. The first-order chi connectivity index (χ1) is 20.1. The average Bonchev–Trinajstić information content (AvgIpc) is 3.22. The molecule has 2 aromatic carbocycles. The molecule has 0 saturated carbocycles. The van der Waals surface area contributed by atoms with Crippen LogP contribution in [0, 0.1) is 0 Å². The number of aliphatic hydroxyl groups is 1. The Bertz CT molecular complexity index is 1470. The highest BCUT2D eigenvalue weighted by molar-refractivity contribution is 6.30. The van der Waals surface area contributed by atoms with Crippen molar-refractivity contribution >= 4 is 23.4 Å². The maximum Gasteiger partial charge on any atom is 0.416 e. The monoisotopic (exact) mass is 637 g/mol. The van der Waals surface area contributed by atoms with E-state index < -0.39 is 72.6 Å². The zero-order valence-corrected chi connectivity index (χ0v) is 23.1. The normalized spacial score (nSPS) is 13.4. The summed E-state index contributed by atoms with van der Waals surface area (Å²) in [6.45, 7) is -2.04. The molecule has 234 valence electrons. The van der Waals surface area contributed by atoms with Gasteiger partial charge < -0.3 is 20.5 Å². The number of aromatic nitrogens is 3. The standard InChI is InChI=1S/C26H26ClF6N5O5/c1-43-11-10-34-21(40)12-19(17-4-2-3-5-18(17)25(28,29)30)35-22(41)14-38-24(42)37(13-20(39)26(31,32)33)23(36-38)15-6-8-16(27)9-7-15/h2-9,19-20,39H,10-14H2,1H3,(H,34,40)(H,35,41)/t19?,20-/m0/s1. The van der Waals surface area contributed by atoms with Crippen LogP contribution < -0.4 is 16.3 Å². The SMILES string of the molecule is COCCNC(=O)CC(NC(=O)Cn1nc(-c2ccc(Cl)cc2)n(C[C@H](O)C(F)(F)F)c1=O)c1ccccc1C(F)(F)F. The van der Waals surface area contributed by atoms with Gasteiger partial charge in [-0.15, -0.1) is 5.10 Å². The smallest absolute Gasteiger partial charge is 0.383 e. The summed E-state index contributed by atoms with van der Waals surface area (Å²) in [5.41, 5.74) is -2.64. The van der Waals surface area contributed by atoms with Gasteiger partial charge in [0.1, 0.15) is 6.54 Å². The molecule has 0 fully saturated rings. The molecule has 1 heterocycles. The van der Waals surface area contributed by atoms with Crippen molar-refractivity contribution < 1.29 is 45.8 Å². The number of amides is 2. The highest BCUT2D eigenvalue weighted by Crippen LogP contribution is 2.35. The van der Waals surface area contributed by atoms with Crippen LogP contribution >= 0.6 is 11.6 Å². The number of benzene rings is 2. The second kappa shape index (κ2) is 14.1. The van der Waals surface area contributed by atoms with E-state index in [0.717, 1.165) is 18.2 Å². The molecule has 0 aliphatic rings. The van der Waals surface area contributed by atoms with Gasteiger partial charge in [-0.25, -0.2) is 9.48 Å². The number of rotatable bonds is 12. The van der Waals surface area contributed by atoms with Gasteiger partial charge >= 0.3 is 18.0 Å². The van der Waals surface area contributed by atoms with E-state index in [0.29, 0.717) is 9.25 Å². The Morgan fingerprint density at radius 1 is 1.05 bits per heavy atom. The minimum Gasteiger partial charge on any atom is -0.383 e. The number of methoxy groups -OCH3 is 1. The molecule has 0 bridgehead atoms. The first-order valence-corrected chi connectivity index (χ1v) is 12.9. The van der Waals surface area contributed by atoms with E-state index in [1.165, 1.54) is 37.4 Å². The van der Waals surface area contributed by atoms with Gasteiger partial charge in [-0.3, -0.25) is 14.2 Å². The van der Waals surface area contributed by atoms with Crippen molar-refractivity contribution in [1.29, 1.82) is 0 Å². The van der Waals surface area contributed by atoms with Crippen LogP contribution in [-0.2, 0) is 33.6 Å². The van der Waals surface area contributed by atoms with Crippen molar-refractivity contribution in [2.24, 2.45) is 0 Å². The fraction of sp³-hybridized carbons (Fsp3) is 0.385. The second-order valence-corrected chi connectivity index (χ2v) is 9.63. The fourth-order valence-electron chi connectivity index (χ4n) is 4.02. The minimum absolute atomic E-state index is 0.0427. The van der Waals surface area contributed by atoms with Crippen molar-refractivity contribution in [2.45, 2.75) is 44.0 Å². The fourth-order valence-corrected chi connectivity index (χ4v) is 4.15. The second-order valence-electron chi connectivity index (χ2n) is 9.19. The molecule has 43 heavy (non-hydrogen) atoms. The Morgan fingerprint density at radius 2 is 1.70 bits per heavy atom. The summed E-state index contributed by atoms with van der Waals surface area (Å²) in [6, 6.07) is 8.17. The van der Waals surface area contributed by atoms with Crippen molar-refractivity contribution in [3.63, 3.8) is 0 Å². The van der Waals surface area contributed by atoms with E-state index in [1.807, 2.05) is 0 Å². The van der Waals surface area contributed by atoms with Crippen LogP contribution in [0.2, 0.25) is 5.02 Å². The average molecular weight is 638 g/mol. The summed E-state index contributed by atoms with van der Waals surface area (Å²) in [4.78, 5) is 38.6. The molecule has 0 aliphatic carbocycles. The van der Waals surface area contributed by atoms with Gasteiger partial charge in [0.2, 0.25) is 11.8 Å². The van der Waals surface area contributed by atoms with Crippen LogP contribution in [0.5, 0.6) is 0 Å². The maximum atomic E-state index is 13.8. The van der Waals surface area contributed by atoms with Gasteiger partial charge in [-0.1, -0.05) is 29.8 Å².